The highest BCUT2D eigenvalue weighted by atomic mass is 19.4. The van der Waals surface area contributed by atoms with Gasteiger partial charge in [0, 0.05) is 22.6 Å². The molecule has 1 aliphatic rings. The van der Waals surface area contributed by atoms with E-state index < -0.39 is 53.2 Å². The summed E-state index contributed by atoms with van der Waals surface area (Å²) in [6.45, 7) is 10.8. The predicted octanol–water partition coefficient (Wildman–Crippen LogP) is 5.76. The number of ether oxygens (including phenoxy) is 1. The van der Waals surface area contributed by atoms with E-state index in [0.29, 0.717) is 11.1 Å². The average Bonchev–Trinajstić information content (AvgIpc) is 3.18. The lowest BCUT2D eigenvalue weighted by atomic mass is 9.78. The Balaban J connectivity index is 2.13. The van der Waals surface area contributed by atoms with Crippen molar-refractivity contribution in [2.75, 3.05) is 13.7 Å². The summed E-state index contributed by atoms with van der Waals surface area (Å²) in [6, 6.07) is 10.9. The van der Waals surface area contributed by atoms with Crippen LogP contribution in [0.15, 0.2) is 47.5 Å². The zero-order chi connectivity index (χ0) is 30.9. The first kappa shape index (κ1) is 31.8. The Morgan fingerprint density at radius 3 is 1.98 bits per heavy atom. The van der Waals surface area contributed by atoms with Gasteiger partial charge >= 0.3 is 18.1 Å². The third-order valence-electron chi connectivity index (χ3n) is 7.16. The highest BCUT2D eigenvalue weighted by molar-refractivity contribution is 6.05. The second-order valence-corrected chi connectivity index (χ2v) is 12.4. The summed E-state index contributed by atoms with van der Waals surface area (Å²) in [5.41, 5.74) is 0.980. The number of rotatable bonds is 6. The van der Waals surface area contributed by atoms with Crippen LogP contribution in [0.1, 0.15) is 75.0 Å². The second kappa shape index (κ2) is 11.7. The van der Waals surface area contributed by atoms with Gasteiger partial charge in [-0.25, -0.2) is 4.79 Å². The monoisotopic (exact) mass is 574 g/mol. The smallest absolute Gasteiger partial charge is 0.473 e. The van der Waals surface area contributed by atoms with Crippen LogP contribution in [-0.4, -0.2) is 59.4 Å². The zero-order valence-electron chi connectivity index (χ0n) is 24.4. The minimum absolute atomic E-state index is 0.00881. The van der Waals surface area contributed by atoms with Gasteiger partial charge in [0.2, 0.25) is 0 Å². The van der Waals surface area contributed by atoms with Crippen molar-refractivity contribution in [2.45, 2.75) is 77.4 Å². The molecule has 1 N–H and O–H groups in total. The summed E-state index contributed by atoms with van der Waals surface area (Å²) >= 11 is 0. The van der Waals surface area contributed by atoms with Crippen LogP contribution < -0.4 is 0 Å². The first-order valence-electron chi connectivity index (χ1n) is 13.3. The molecule has 1 heterocycles. The van der Waals surface area contributed by atoms with E-state index in [0.717, 1.165) is 17.6 Å². The Morgan fingerprint density at radius 1 is 0.976 bits per heavy atom. The molecule has 0 aromatic heterocycles. The van der Waals surface area contributed by atoms with Crippen LogP contribution in [0.5, 0.6) is 5.75 Å². The molecule has 1 amide bonds. The van der Waals surface area contributed by atoms with Gasteiger partial charge in [0.25, 0.3) is 0 Å². The Morgan fingerprint density at radius 2 is 1.51 bits per heavy atom. The molecule has 0 saturated carbocycles. The molecular formula is C31H37F3N2O5. The lowest BCUT2D eigenvalue weighted by Crippen LogP contribution is -2.43. The summed E-state index contributed by atoms with van der Waals surface area (Å²) < 4.78 is 44.9. The first-order chi connectivity index (χ1) is 18.8. The summed E-state index contributed by atoms with van der Waals surface area (Å²) in [4.78, 5) is 43.2. The molecule has 41 heavy (non-hydrogen) atoms. The van der Waals surface area contributed by atoms with Gasteiger partial charge in [-0.3, -0.25) is 9.59 Å². The molecule has 0 spiro atoms. The van der Waals surface area contributed by atoms with Crippen molar-refractivity contribution in [1.82, 2.24) is 4.90 Å². The highest BCUT2D eigenvalue weighted by Gasteiger charge is 2.46. The van der Waals surface area contributed by atoms with Gasteiger partial charge in [0.15, 0.2) is 5.78 Å². The number of hydrogen-bond donors (Lipinski definition) is 1. The lowest BCUT2D eigenvalue weighted by Gasteiger charge is -2.29. The van der Waals surface area contributed by atoms with Crippen LogP contribution in [0.2, 0.25) is 0 Å². The van der Waals surface area contributed by atoms with Crippen molar-refractivity contribution in [2.24, 2.45) is 10.9 Å². The van der Waals surface area contributed by atoms with Gasteiger partial charge in [-0.05, 0) is 41.4 Å². The molecule has 2 aromatic rings. The van der Waals surface area contributed by atoms with Gasteiger partial charge < -0.3 is 14.7 Å². The maximum absolute atomic E-state index is 13.8. The maximum Gasteiger partial charge on any atom is 0.473 e. The van der Waals surface area contributed by atoms with E-state index in [9.17, 15) is 32.7 Å². The number of Topliss-reactive ketones (excluding diaryl/α,β-unsaturated/α-hetero) is 1. The minimum Gasteiger partial charge on any atom is -0.507 e. The fourth-order valence-corrected chi connectivity index (χ4v) is 5.03. The molecule has 1 saturated heterocycles. The fraction of sp³-hybridized carbons (Fsp3) is 0.484. The molecule has 2 aromatic carbocycles. The number of esters is 1. The van der Waals surface area contributed by atoms with Crippen LogP contribution in [0.3, 0.4) is 0 Å². The van der Waals surface area contributed by atoms with E-state index >= 15 is 0 Å². The number of aromatic hydroxyl groups is 1. The molecular weight excluding hydrogens is 537 g/mol. The lowest BCUT2D eigenvalue weighted by molar-refractivity contribution is -0.169. The van der Waals surface area contributed by atoms with Crippen LogP contribution in [0.25, 0.3) is 0 Å². The maximum atomic E-state index is 13.8. The van der Waals surface area contributed by atoms with Crippen LogP contribution in [0.4, 0.5) is 13.2 Å². The summed E-state index contributed by atoms with van der Waals surface area (Å²) in [7, 11) is 1.15. The van der Waals surface area contributed by atoms with E-state index in [2.05, 4.69) is 4.99 Å². The predicted molar refractivity (Wildman–Crippen MR) is 149 cm³/mol. The van der Waals surface area contributed by atoms with E-state index in [1.165, 1.54) is 0 Å². The number of ketones is 1. The Labute approximate surface area is 238 Å². The Hall–Kier alpha value is -3.69. The second-order valence-electron chi connectivity index (χ2n) is 12.4. The standard InChI is InChI=1S/C31H37F3N2O5/c1-29(2,3)21-14-19(15-22(25(21)38)30(4,5)6)24(37)17-36-23(27(39)41-7)16-20(13-18-11-9-8-10-12-18)26(36)35-28(40)31(32,33)34/h8-12,14-15,20,23,38H,13,16-17H2,1-7H3/b35-26-. The van der Waals surface area contributed by atoms with Crippen molar-refractivity contribution in [1.29, 1.82) is 0 Å². The van der Waals surface area contributed by atoms with Crippen molar-refractivity contribution in [3.05, 3.63) is 64.7 Å². The summed E-state index contributed by atoms with van der Waals surface area (Å²) in [5, 5.41) is 11.0. The number of methoxy groups -OCH3 is 1. The van der Waals surface area contributed by atoms with Gasteiger partial charge in [0.1, 0.15) is 17.6 Å². The molecule has 0 radical (unpaired) electrons. The number of carbonyl (C=O) groups excluding carboxylic acids is 3. The first-order valence-corrected chi connectivity index (χ1v) is 13.3. The van der Waals surface area contributed by atoms with Crippen LogP contribution in [0, 0.1) is 5.92 Å². The molecule has 2 atom stereocenters. The molecule has 2 unspecified atom stereocenters. The summed E-state index contributed by atoms with van der Waals surface area (Å²) in [5.74, 6) is -4.56. The fourth-order valence-electron chi connectivity index (χ4n) is 5.03. The average molecular weight is 575 g/mol. The van der Waals surface area contributed by atoms with Gasteiger partial charge in [-0.2, -0.15) is 18.2 Å². The van der Waals surface area contributed by atoms with Crippen LogP contribution >= 0.6 is 0 Å². The molecule has 3 rings (SSSR count). The SMILES string of the molecule is COC(=O)C1CC(Cc2ccccc2)/C(=N/C(=O)C(F)(F)F)N1CC(=O)c1cc(C(C)(C)C)c(O)c(C(C)(C)C)c1. The molecule has 7 nitrogen and oxygen atoms in total. The normalized spacial score (nSPS) is 19.0. The third kappa shape index (κ3) is 7.34. The number of halogens is 3. The van der Waals surface area contributed by atoms with Gasteiger partial charge in [-0.1, -0.05) is 71.9 Å². The van der Waals surface area contributed by atoms with E-state index in [1.807, 2.05) is 41.5 Å². The number of benzene rings is 2. The molecule has 0 bridgehead atoms. The summed E-state index contributed by atoms with van der Waals surface area (Å²) in [6.07, 6.45) is -5.02. The highest BCUT2D eigenvalue weighted by Crippen LogP contribution is 2.40. The molecule has 1 fully saturated rings. The minimum atomic E-state index is -5.23. The van der Waals surface area contributed by atoms with Crippen molar-refractivity contribution >= 4 is 23.5 Å². The number of hydrogen-bond acceptors (Lipinski definition) is 5. The topological polar surface area (TPSA) is 96.3 Å². The van der Waals surface area contributed by atoms with Crippen LogP contribution in [-0.2, 0) is 31.6 Å². The molecule has 1 aliphatic heterocycles. The van der Waals surface area contributed by atoms with E-state index in [4.69, 9.17) is 4.74 Å². The number of likely N-dealkylation sites (tertiary alicyclic amines) is 1. The van der Waals surface area contributed by atoms with E-state index in [1.54, 1.807) is 42.5 Å². The number of nitrogens with zero attached hydrogens (tertiary/aromatic N) is 2. The Kier molecular flexibility index (Phi) is 9.05. The number of aliphatic imine (C=N–C) groups is 1. The van der Waals surface area contributed by atoms with Crippen molar-refractivity contribution < 1.29 is 37.4 Å². The van der Waals surface area contributed by atoms with Crippen molar-refractivity contribution in [3.8, 4) is 5.75 Å². The Bertz CT molecular complexity index is 1300. The number of phenols is 1. The number of carbonyl (C=O) groups is 3. The van der Waals surface area contributed by atoms with E-state index in [-0.39, 0.29) is 30.0 Å². The molecule has 10 heteroatoms. The number of phenolic OH excluding ortho intramolecular Hbond substituents is 1. The largest absolute Gasteiger partial charge is 0.507 e. The molecule has 0 aliphatic carbocycles. The third-order valence-corrected chi connectivity index (χ3v) is 7.16. The quantitative estimate of drug-likeness (QED) is 0.348. The van der Waals surface area contributed by atoms with Gasteiger partial charge in [-0.15, -0.1) is 0 Å². The zero-order valence-corrected chi connectivity index (χ0v) is 24.4. The number of alkyl halides is 3. The number of amides is 1. The van der Waals surface area contributed by atoms with Gasteiger partial charge in [0.05, 0.1) is 13.7 Å². The number of amidine groups is 1. The van der Waals surface area contributed by atoms with Crippen molar-refractivity contribution in [3.63, 3.8) is 0 Å². The molecule has 222 valence electrons.